The molecular weight excluding hydrogens is 350 g/mol. The van der Waals surface area contributed by atoms with E-state index in [-0.39, 0.29) is 5.91 Å². The Balaban J connectivity index is 1.51. The van der Waals surface area contributed by atoms with Crippen molar-refractivity contribution in [2.24, 2.45) is 0 Å². The molecule has 2 fully saturated rings. The molecule has 5 nitrogen and oxygen atoms in total. The summed E-state index contributed by atoms with van der Waals surface area (Å²) in [5.41, 5.74) is 1.37. The number of hydrogen-bond donors (Lipinski definition) is 2. The molecule has 4 rings (SSSR count). The summed E-state index contributed by atoms with van der Waals surface area (Å²) < 4.78 is 0. The van der Waals surface area contributed by atoms with Gasteiger partial charge in [-0.15, -0.1) is 0 Å². The lowest BCUT2D eigenvalue weighted by Gasteiger charge is -2.45. The van der Waals surface area contributed by atoms with Crippen molar-refractivity contribution in [3.63, 3.8) is 0 Å². The van der Waals surface area contributed by atoms with Crippen LogP contribution in [0.25, 0.3) is 0 Å². The first-order valence-electron chi connectivity index (χ1n) is 11.1. The lowest BCUT2D eigenvalue weighted by molar-refractivity contribution is -0.136. The Morgan fingerprint density at radius 2 is 1.64 bits per heavy atom. The van der Waals surface area contributed by atoms with E-state index >= 15 is 0 Å². The van der Waals surface area contributed by atoms with Crippen molar-refractivity contribution in [2.75, 3.05) is 39.3 Å². The fourth-order valence-corrected chi connectivity index (χ4v) is 5.41. The van der Waals surface area contributed by atoms with Crippen LogP contribution in [0.3, 0.4) is 0 Å². The summed E-state index contributed by atoms with van der Waals surface area (Å²) in [5.74, 6) is 0.104. The van der Waals surface area contributed by atoms with Crippen molar-refractivity contribution in [1.82, 2.24) is 15.1 Å². The Bertz CT molecular complexity index is 666. The molecule has 0 aromatic heterocycles. The minimum atomic E-state index is -0.721. The minimum Gasteiger partial charge on any atom is -0.388 e. The smallest absolute Gasteiger partial charge is 0.241 e. The fourth-order valence-electron chi connectivity index (χ4n) is 5.41. The third-order valence-electron chi connectivity index (χ3n) is 7.29. The summed E-state index contributed by atoms with van der Waals surface area (Å²) in [7, 11) is 0. The number of likely N-dealkylation sites (N-methyl/N-ethyl adjacent to an activating group) is 1. The van der Waals surface area contributed by atoms with E-state index in [0.29, 0.717) is 6.54 Å². The van der Waals surface area contributed by atoms with E-state index in [0.717, 1.165) is 71.2 Å². The summed E-state index contributed by atoms with van der Waals surface area (Å²) in [4.78, 5) is 18.5. The standard InChI is InChI=1S/C23H35N3O2/c1-2-25-12-14-26(15-13-25)23(16-19-8-4-5-9-20(19)17-23)21(27)24-18-22(28)10-6-3-7-11-22/h4-5,8-9,28H,2-3,6-7,10-18H2,1H3,(H,24,27). The van der Waals surface area contributed by atoms with E-state index in [4.69, 9.17) is 0 Å². The maximum Gasteiger partial charge on any atom is 0.241 e. The molecule has 0 radical (unpaired) electrons. The second kappa shape index (κ2) is 8.13. The van der Waals surface area contributed by atoms with Gasteiger partial charge >= 0.3 is 0 Å². The van der Waals surface area contributed by atoms with Crippen LogP contribution in [0.1, 0.15) is 50.2 Å². The van der Waals surface area contributed by atoms with Gasteiger partial charge in [0.1, 0.15) is 5.54 Å². The molecule has 28 heavy (non-hydrogen) atoms. The van der Waals surface area contributed by atoms with Crippen LogP contribution in [0.5, 0.6) is 0 Å². The quantitative estimate of drug-likeness (QED) is 0.814. The highest BCUT2D eigenvalue weighted by Crippen LogP contribution is 2.36. The fraction of sp³-hybridized carbons (Fsp3) is 0.696. The number of rotatable bonds is 5. The predicted octanol–water partition coefficient (Wildman–Crippen LogP) is 1.97. The van der Waals surface area contributed by atoms with Gasteiger partial charge in [-0.1, -0.05) is 50.5 Å². The number of aliphatic hydroxyl groups is 1. The van der Waals surface area contributed by atoms with Crippen molar-refractivity contribution < 1.29 is 9.90 Å². The van der Waals surface area contributed by atoms with Crippen LogP contribution >= 0.6 is 0 Å². The molecule has 1 aliphatic heterocycles. The van der Waals surface area contributed by atoms with E-state index in [1.165, 1.54) is 17.5 Å². The number of carbonyl (C=O) groups is 1. The van der Waals surface area contributed by atoms with Crippen molar-refractivity contribution >= 4 is 5.91 Å². The molecule has 1 aromatic carbocycles. The van der Waals surface area contributed by atoms with E-state index in [1.807, 2.05) is 0 Å². The molecule has 154 valence electrons. The number of hydrogen-bond acceptors (Lipinski definition) is 4. The molecule has 2 N–H and O–H groups in total. The van der Waals surface area contributed by atoms with E-state index in [9.17, 15) is 9.90 Å². The average Bonchev–Trinajstić information content (AvgIpc) is 3.13. The molecule has 3 aliphatic rings. The zero-order valence-electron chi connectivity index (χ0n) is 17.3. The number of piperazine rings is 1. The molecule has 1 saturated heterocycles. The van der Waals surface area contributed by atoms with Gasteiger partial charge in [-0.2, -0.15) is 0 Å². The summed E-state index contributed by atoms with van der Waals surface area (Å²) in [6.07, 6.45) is 6.46. The zero-order valence-corrected chi connectivity index (χ0v) is 17.3. The van der Waals surface area contributed by atoms with Crippen molar-refractivity contribution in [3.8, 4) is 0 Å². The summed E-state index contributed by atoms with van der Waals surface area (Å²) in [6, 6.07) is 8.49. The molecule has 2 aliphatic carbocycles. The van der Waals surface area contributed by atoms with Crippen molar-refractivity contribution in [3.05, 3.63) is 35.4 Å². The van der Waals surface area contributed by atoms with Crippen LogP contribution in [0, 0.1) is 0 Å². The predicted molar refractivity (Wildman–Crippen MR) is 111 cm³/mol. The summed E-state index contributed by atoms with van der Waals surface area (Å²) in [5, 5.41) is 14.1. The van der Waals surface area contributed by atoms with E-state index in [1.54, 1.807) is 0 Å². The second-order valence-corrected chi connectivity index (χ2v) is 9.04. The topological polar surface area (TPSA) is 55.8 Å². The lowest BCUT2D eigenvalue weighted by atomic mass is 9.84. The van der Waals surface area contributed by atoms with Gasteiger partial charge in [0.15, 0.2) is 0 Å². The molecule has 1 heterocycles. The van der Waals surface area contributed by atoms with Gasteiger partial charge in [-0.3, -0.25) is 9.69 Å². The number of benzene rings is 1. The Labute approximate surface area is 169 Å². The normalized spacial score (nSPS) is 24.6. The highest BCUT2D eigenvalue weighted by Gasteiger charge is 2.49. The van der Waals surface area contributed by atoms with E-state index < -0.39 is 11.1 Å². The van der Waals surface area contributed by atoms with Crippen LogP contribution in [0.15, 0.2) is 24.3 Å². The lowest BCUT2D eigenvalue weighted by Crippen LogP contribution is -2.65. The van der Waals surface area contributed by atoms with Crippen molar-refractivity contribution in [1.29, 1.82) is 0 Å². The van der Waals surface area contributed by atoms with E-state index in [2.05, 4.69) is 46.3 Å². The first-order valence-corrected chi connectivity index (χ1v) is 11.1. The Morgan fingerprint density at radius 3 is 2.21 bits per heavy atom. The van der Waals surface area contributed by atoms with Crippen LogP contribution in [0.4, 0.5) is 0 Å². The molecule has 1 aromatic rings. The van der Waals surface area contributed by atoms with Gasteiger partial charge in [0.2, 0.25) is 5.91 Å². The van der Waals surface area contributed by atoms with Gasteiger partial charge in [0.05, 0.1) is 5.60 Å². The first kappa shape index (κ1) is 19.9. The number of amides is 1. The Morgan fingerprint density at radius 1 is 1.04 bits per heavy atom. The molecule has 1 amide bonds. The molecular formula is C23H35N3O2. The maximum absolute atomic E-state index is 13.6. The molecule has 0 spiro atoms. The third-order valence-corrected chi connectivity index (χ3v) is 7.29. The molecule has 5 heteroatoms. The number of nitrogens with one attached hydrogen (secondary N) is 1. The Hall–Kier alpha value is -1.43. The van der Waals surface area contributed by atoms with Gasteiger partial charge < -0.3 is 15.3 Å². The van der Waals surface area contributed by atoms with Gasteiger partial charge in [-0.05, 0) is 30.5 Å². The molecule has 0 bridgehead atoms. The molecule has 0 atom stereocenters. The average molecular weight is 386 g/mol. The van der Waals surface area contributed by atoms with Gasteiger partial charge in [-0.25, -0.2) is 0 Å². The second-order valence-electron chi connectivity index (χ2n) is 9.04. The monoisotopic (exact) mass is 385 g/mol. The van der Waals surface area contributed by atoms with Crippen LogP contribution in [0.2, 0.25) is 0 Å². The van der Waals surface area contributed by atoms with Crippen molar-refractivity contribution in [2.45, 2.75) is 63.0 Å². The number of carbonyl (C=O) groups excluding carboxylic acids is 1. The first-order chi connectivity index (χ1) is 13.5. The van der Waals surface area contributed by atoms with Crippen LogP contribution in [-0.2, 0) is 17.6 Å². The summed E-state index contributed by atoms with van der Waals surface area (Å²) in [6.45, 7) is 7.56. The summed E-state index contributed by atoms with van der Waals surface area (Å²) >= 11 is 0. The zero-order chi connectivity index (χ0) is 19.6. The van der Waals surface area contributed by atoms with Crippen LogP contribution in [-0.4, -0.2) is 71.2 Å². The number of fused-ring (bicyclic) bond motifs is 1. The molecule has 1 saturated carbocycles. The highest BCUT2D eigenvalue weighted by atomic mass is 16.3. The third kappa shape index (κ3) is 3.85. The number of nitrogens with zero attached hydrogens (tertiary/aromatic N) is 2. The highest BCUT2D eigenvalue weighted by molar-refractivity contribution is 5.88. The Kier molecular flexibility index (Phi) is 5.77. The minimum absolute atomic E-state index is 0.104. The SMILES string of the molecule is CCN1CCN(C2(C(=O)NCC3(O)CCCCC3)Cc3ccccc3C2)CC1. The van der Waals surface area contributed by atoms with Gasteiger partial charge in [0.25, 0.3) is 0 Å². The van der Waals surface area contributed by atoms with Crippen LogP contribution < -0.4 is 5.32 Å². The largest absolute Gasteiger partial charge is 0.388 e. The van der Waals surface area contributed by atoms with Gasteiger partial charge in [0, 0.05) is 45.6 Å². The molecule has 0 unspecified atom stereocenters. The maximum atomic E-state index is 13.6.